The monoisotopic (exact) mass is 217 g/mol. The maximum atomic E-state index is 10.8. The van der Waals surface area contributed by atoms with Gasteiger partial charge in [0.1, 0.15) is 0 Å². The molecule has 0 unspecified atom stereocenters. The van der Waals surface area contributed by atoms with Gasteiger partial charge in [0, 0.05) is 23.0 Å². The van der Waals surface area contributed by atoms with Crippen LogP contribution in [-0.2, 0) is 0 Å². The van der Waals surface area contributed by atoms with Crippen molar-refractivity contribution in [3.63, 3.8) is 0 Å². The summed E-state index contributed by atoms with van der Waals surface area (Å²) in [6.45, 7) is 0. The number of nitrogens with zero attached hydrogens (tertiary/aromatic N) is 1. The molecule has 0 radical (unpaired) electrons. The highest BCUT2D eigenvalue weighted by molar-refractivity contribution is 6.30. The van der Waals surface area contributed by atoms with Crippen LogP contribution in [0.3, 0.4) is 0 Å². The van der Waals surface area contributed by atoms with Crippen molar-refractivity contribution >= 4 is 17.9 Å². The highest BCUT2D eigenvalue weighted by atomic mass is 35.5. The second-order valence-electron chi connectivity index (χ2n) is 3.09. The zero-order chi connectivity index (χ0) is 10.7. The molecular weight excluding hydrogens is 210 g/mol. The van der Waals surface area contributed by atoms with Gasteiger partial charge in [-0.25, -0.2) is 0 Å². The Labute approximate surface area is 92.5 Å². The molecule has 15 heavy (non-hydrogen) atoms. The van der Waals surface area contributed by atoms with Crippen molar-refractivity contribution in [3.8, 4) is 11.1 Å². The molecule has 0 aliphatic heterocycles. The van der Waals surface area contributed by atoms with Gasteiger partial charge in [-0.1, -0.05) is 23.7 Å². The van der Waals surface area contributed by atoms with Crippen molar-refractivity contribution in [3.05, 3.63) is 53.3 Å². The molecular formula is C12H8ClNO. The van der Waals surface area contributed by atoms with Crippen molar-refractivity contribution in [2.75, 3.05) is 0 Å². The van der Waals surface area contributed by atoms with E-state index in [4.69, 9.17) is 11.6 Å². The van der Waals surface area contributed by atoms with Crippen LogP contribution in [0.4, 0.5) is 0 Å². The average molecular weight is 218 g/mol. The van der Waals surface area contributed by atoms with Crippen LogP contribution < -0.4 is 0 Å². The van der Waals surface area contributed by atoms with Gasteiger partial charge in [0.2, 0.25) is 0 Å². The molecule has 2 rings (SSSR count). The molecule has 0 aliphatic rings. The summed E-state index contributed by atoms with van der Waals surface area (Å²) in [5.74, 6) is 0. The molecule has 0 atom stereocenters. The topological polar surface area (TPSA) is 30.0 Å². The third kappa shape index (κ3) is 2.05. The Kier molecular flexibility index (Phi) is 2.79. The molecule has 0 saturated heterocycles. The number of aldehydes is 1. The first-order valence-electron chi connectivity index (χ1n) is 4.46. The Balaban J connectivity index is 2.53. The Hall–Kier alpha value is -1.67. The zero-order valence-corrected chi connectivity index (χ0v) is 8.61. The number of rotatable bonds is 2. The first-order chi connectivity index (χ1) is 7.31. The zero-order valence-electron chi connectivity index (χ0n) is 7.85. The van der Waals surface area contributed by atoms with Crippen LogP contribution in [-0.4, -0.2) is 11.3 Å². The summed E-state index contributed by atoms with van der Waals surface area (Å²) in [6, 6.07) is 9.17. The quantitative estimate of drug-likeness (QED) is 0.723. The summed E-state index contributed by atoms with van der Waals surface area (Å²) in [5, 5.41) is 0.681. The third-order valence-corrected chi connectivity index (χ3v) is 2.39. The van der Waals surface area contributed by atoms with Gasteiger partial charge in [-0.05, 0) is 29.3 Å². The molecule has 1 heterocycles. The molecule has 0 aliphatic carbocycles. The molecule has 0 N–H and O–H groups in total. The normalized spacial score (nSPS) is 9.93. The van der Waals surface area contributed by atoms with Gasteiger partial charge in [0.25, 0.3) is 0 Å². The largest absolute Gasteiger partial charge is 0.298 e. The Bertz CT molecular complexity index is 479. The van der Waals surface area contributed by atoms with Gasteiger partial charge in [-0.15, -0.1) is 0 Å². The molecule has 0 bridgehead atoms. The van der Waals surface area contributed by atoms with Gasteiger partial charge in [0.15, 0.2) is 6.29 Å². The van der Waals surface area contributed by atoms with Crippen molar-refractivity contribution in [1.29, 1.82) is 0 Å². The van der Waals surface area contributed by atoms with E-state index in [9.17, 15) is 4.79 Å². The smallest absolute Gasteiger partial charge is 0.152 e. The molecule has 0 saturated carbocycles. The number of benzene rings is 1. The van der Waals surface area contributed by atoms with E-state index in [0.717, 1.165) is 17.4 Å². The van der Waals surface area contributed by atoms with Crippen LogP contribution >= 0.6 is 11.6 Å². The van der Waals surface area contributed by atoms with E-state index in [1.165, 1.54) is 0 Å². The highest BCUT2D eigenvalue weighted by Gasteiger charge is 2.03. The molecule has 2 nitrogen and oxygen atoms in total. The summed E-state index contributed by atoms with van der Waals surface area (Å²) in [6.07, 6.45) is 4.02. The average Bonchev–Trinajstić information content (AvgIpc) is 2.30. The predicted octanol–water partition coefficient (Wildman–Crippen LogP) is 3.21. The molecule has 0 spiro atoms. The summed E-state index contributed by atoms with van der Waals surface area (Å²) in [5.41, 5.74) is 2.42. The Morgan fingerprint density at radius 3 is 2.53 bits per heavy atom. The van der Waals surface area contributed by atoms with Crippen molar-refractivity contribution in [1.82, 2.24) is 4.98 Å². The number of hydrogen-bond acceptors (Lipinski definition) is 2. The standard InChI is InChI=1S/C12H8ClNO/c13-11-3-1-9(2-4-11)12-5-6-14-7-10(12)8-15/h1-8H. The summed E-state index contributed by atoms with van der Waals surface area (Å²) in [4.78, 5) is 14.7. The summed E-state index contributed by atoms with van der Waals surface area (Å²) >= 11 is 5.79. The van der Waals surface area contributed by atoms with Crippen molar-refractivity contribution < 1.29 is 4.79 Å². The van der Waals surface area contributed by atoms with E-state index >= 15 is 0 Å². The van der Waals surface area contributed by atoms with Crippen LogP contribution in [0, 0.1) is 0 Å². The lowest BCUT2D eigenvalue weighted by atomic mass is 10.0. The van der Waals surface area contributed by atoms with Gasteiger partial charge < -0.3 is 0 Å². The Morgan fingerprint density at radius 2 is 1.87 bits per heavy atom. The number of hydrogen-bond donors (Lipinski definition) is 0. The van der Waals surface area contributed by atoms with E-state index in [1.807, 2.05) is 18.2 Å². The lowest BCUT2D eigenvalue weighted by Crippen LogP contribution is -1.88. The minimum absolute atomic E-state index is 0.583. The molecule has 0 amide bonds. The first kappa shape index (κ1) is 9.87. The summed E-state index contributed by atoms with van der Waals surface area (Å²) in [7, 11) is 0. The van der Waals surface area contributed by atoms with Crippen LogP contribution in [0.15, 0.2) is 42.7 Å². The fraction of sp³-hybridized carbons (Fsp3) is 0. The fourth-order valence-corrected chi connectivity index (χ4v) is 1.52. The van der Waals surface area contributed by atoms with Gasteiger partial charge in [0.05, 0.1) is 0 Å². The summed E-state index contributed by atoms with van der Waals surface area (Å²) < 4.78 is 0. The van der Waals surface area contributed by atoms with Crippen LogP contribution in [0.5, 0.6) is 0 Å². The highest BCUT2D eigenvalue weighted by Crippen LogP contribution is 2.23. The van der Waals surface area contributed by atoms with E-state index in [1.54, 1.807) is 24.5 Å². The molecule has 0 fully saturated rings. The number of pyridine rings is 1. The third-order valence-electron chi connectivity index (χ3n) is 2.13. The minimum atomic E-state index is 0.583. The second kappa shape index (κ2) is 4.24. The fourth-order valence-electron chi connectivity index (χ4n) is 1.39. The Morgan fingerprint density at radius 1 is 1.13 bits per heavy atom. The maximum Gasteiger partial charge on any atom is 0.152 e. The lowest BCUT2D eigenvalue weighted by molar-refractivity contribution is 0.112. The number of aromatic nitrogens is 1. The molecule has 2 aromatic rings. The SMILES string of the molecule is O=Cc1cnccc1-c1ccc(Cl)cc1. The number of carbonyl (C=O) groups is 1. The number of halogens is 1. The lowest BCUT2D eigenvalue weighted by Gasteiger charge is -2.03. The molecule has 1 aromatic carbocycles. The van der Waals surface area contributed by atoms with E-state index < -0.39 is 0 Å². The van der Waals surface area contributed by atoms with Crippen LogP contribution in [0.2, 0.25) is 5.02 Å². The number of carbonyl (C=O) groups excluding carboxylic acids is 1. The van der Waals surface area contributed by atoms with Crippen molar-refractivity contribution in [2.45, 2.75) is 0 Å². The van der Waals surface area contributed by atoms with E-state index in [0.29, 0.717) is 10.6 Å². The van der Waals surface area contributed by atoms with E-state index in [2.05, 4.69) is 4.98 Å². The maximum absolute atomic E-state index is 10.8. The first-order valence-corrected chi connectivity index (χ1v) is 4.84. The van der Waals surface area contributed by atoms with Gasteiger partial charge >= 0.3 is 0 Å². The molecule has 1 aromatic heterocycles. The molecule has 3 heteroatoms. The predicted molar refractivity (Wildman–Crippen MR) is 60.1 cm³/mol. The van der Waals surface area contributed by atoms with Gasteiger partial charge in [-0.2, -0.15) is 0 Å². The van der Waals surface area contributed by atoms with Gasteiger partial charge in [-0.3, -0.25) is 9.78 Å². The van der Waals surface area contributed by atoms with Crippen molar-refractivity contribution in [2.24, 2.45) is 0 Å². The van der Waals surface area contributed by atoms with Crippen LogP contribution in [0.25, 0.3) is 11.1 Å². The van der Waals surface area contributed by atoms with Crippen LogP contribution in [0.1, 0.15) is 10.4 Å². The molecule has 74 valence electrons. The second-order valence-corrected chi connectivity index (χ2v) is 3.52. The minimum Gasteiger partial charge on any atom is -0.298 e. The van der Waals surface area contributed by atoms with E-state index in [-0.39, 0.29) is 0 Å².